The Morgan fingerprint density at radius 2 is 1.71 bits per heavy atom. The van der Waals surface area contributed by atoms with E-state index in [2.05, 4.69) is 32.9 Å². The van der Waals surface area contributed by atoms with Gasteiger partial charge in [-0.2, -0.15) is 0 Å². The molecule has 1 amide bonds. The van der Waals surface area contributed by atoms with Crippen LogP contribution in [0.2, 0.25) is 0 Å². The molecule has 1 fully saturated rings. The zero-order valence-corrected chi connectivity index (χ0v) is 22.0. The summed E-state index contributed by atoms with van der Waals surface area (Å²) in [7, 11) is 1.58. The molecule has 3 aromatic carbocycles. The second kappa shape index (κ2) is 12.3. The van der Waals surface area contributed by atoms with Crippen LogP contribution in [0.25, 0.3) is 0 Å². The Balaban J connectivity index is 1.20. The molecule has 0 bridgehead atoms. The second-order valence-electron chi connectivity index (χ2n) is 9.95. The number of benzene rings is 3. The largest absolute Gasteiger partial charge is 0.494 e. The standard InChI is InChI=1S/C31H36FN3O3/c1-37-30-22-25(32)14-16-29(30)34-19-17-33(18-20-34)23-26-15-13-24-8-5-6-11-28(24)35(26)31(36)12-7-21-38-27-9-3-2-4-10-27/h2-6,8-11,14,16,22,26H,7,12-13,15,17-21,23H2,1H3. The molecule has 38 heavy (non-hydrogen) atoms. The number of carbonyl (C=O) groups excluding carboxylic acids is 1. The first-order valence-corrected chi connectivity index (χ1v) is 13.5. The average molecular weight is 518 g/mol. The van der Waals surface area contributed by atoms with E-state index < -0.39 is 0 Å². The fourth-order valence-electron chi connectivity index (χ4n) is 5.55. The van der Waals surface area contributed by atoms with Crippen LogP contribution in [0.15, 0.2) is 72.8 Å². The van der Waals surface area contributed by atoms with Gasteiger partial charge in [0.05, 0.1) is 19.4 Å². The number of hydrogen-bond donors (Lipinski definition) is 0. The Hall–Kier alpha value is -3.58. The lowest BCUT2D eigenvalue weighted by Gasteiger charge is -2.42. The minimum Gasteiger partial charge on any atom is -0.494 e. The summed E-state index contributed by atoms with van der Waals surface area (Å²) >= 11 is 0. The number of para-hydroxylation sites is 2. The molecular formula is C31H36FN3O3. The summed E-state index contributed by atoms with van der Waals surface area (Å²) in [5.74, 6) is 1.26. The molecule has 0 aromatic heterocycles. The molecule has 2 heterocycles. The molecule has 0 saturated carbocycles. The molecule has 0 aliphatic carbocycles. The van der Waals surface area contributed by atoms with E-state index in [4.69, 9.17) is 9.47 Å². The number of rotatable bonds is 9. The molecule has 2 aliphatic heterocycles. The van der Waals surface area contributed by atoms with Crippen LogP contribution in [0, 0.1) is 5.82 Å². The number of hydrogen-bond acceptors (Lipinski definition) is 5. The van der Waals surface area contributed by atoms with Crippen molar-refractivity contribution in [1.82, 2.24) is 4.90 Å². The smallest absolute Gasteiger partial charge is 0.227 e. The fraction of sp³-hybridized carbons (Fsp3) is 0.387. The first-order chi connectivity index (χ1) is 18.6. The number of fused-ring (bicyclic) bond motifs is 1. The van der Waals surface area contributed by atoms with Crippen molar-refractivity contribution in [2.24, 2.45) is 0 Å². The van der Waals surface area contributed by atoms with Crippen LogP contribution in [0.5, 0.6) is 11.5 Å². The maximum Gasteiger partial charge on any atom is 0.227 e. The third kappa shape index (κ3) is 6.10. The number of amides is 1. The van der Waals surface area contributed by atoms with Gasteiger partial charge < -0.3 is 19.3 Å². The van der Waals surface area contributed by atoms with Gasteiger partial charge in [0.15, 0.2) is 0 Å². The molecule has 0 spiro atoms. The number of piperazine rings is 1. The molecule has 2 aliphatic rings. The van der Waals surface area contributed by atoms with Crippen LogP contribution < -0.4 is 19.3 Å². The second-order valence-corrected chi connectivity index (χ2v) is 9.95. The summed E-state index contributed by atoms with van der Waals surface area (Å²) in [5, 5.41) is 0. The number of anilines is 2. The van der Waals surface area contributed by atoms with Crippen molar-refractivity contribution >= 4 is 17.3 Å². The number of ether oxygens (including phenoxy) is 2. The summed E-state index contributed by atoms with van der Waals surface area (Å²) in [6, 6.07) is 22.9. The molecule has 7 heteroatoms. The molecule has 5 rings (SSSR count). The zero-order valence-electron chi connectivity index (χ0n) is 22.0. The predicted octanol–water partition coefficient (Wildman–Crippen LogP) is 5.16. The Morgan fingerprint density at radius 1 is 0.947 bits per heavy atom. The van der Waals surface area contributed by atoms with Crippen LogP contribution in [-0.4, -0.2) is 63.3 Å². The fourth-order valence-corrected chi connectivity index (χ4v) is 5.55. The normalized spacial score (nSPS) is 17.7. The molecular weight excluding hydrogens is 481 g/mol. The third-order valence-electron chi connectivity index (χ3n) is 7.50. The third-order valence-corrected chi connectivity index (χ3v) is 7.50. The monoisotopic (exact) mass is 517 g/mol. The molecule has 200 valence electrons. The Labute approximate surface area is 224 Å². The van der Waals surface area contributed by atoms with Crippen molar-refractivity contribution < 1.29 is 18.7 Å². The molecule has 1 atom stereocenters. The highest BCUT2D eigenvalue weighted by atomic mass is 19.1. The number of aryl methyl sites for hydroxylation is 1. The summed E-state index contributed by atoms with van der Waals surface area (Å²) in [6.07, 6.45) is 3.07. The van der Waals surface area contributed by atoms with E-state index in [-0.39, 0.29) is 17.8 Å². The summed E-state index contributed by atoms with van der Waals surface area (Å²) in [5.41, 5.74) is 3.22. The molecule has 1 saturated heterocycles. The Bertz CT molecular complexity index is 1210. The van der Waals surface area contributed by atoms with Gasteiger partial charge in [-0.05, 0) is 55.2 Å². The van der Waals surface area contributed by atoms with Gasteiger partial charge in [0.2, 0.25) is 5.91 Å². The topological polar surface area (TPSA) is 45.2 Å². The highest BCUT2D eigenvalue weighted by molar-refractivity contribution is 5.95. The van der Waals surface area contributed by atoms with Crippen molar-refractivity contribution in [3.05, 3.63) is 84.2 Å². The Morgan fingerprint density at radius 3 is 2.50 bits per heavy atom. The molecule has 0 N–H and O–H groups in total. The van der Waals surface area contributed by atoms with E-state index in [9.17, 15) is 9.18 Å². The van der Waals surface area contributed by atoms with E-state index in [0.29, 0.717) is 25.2 Å². The van der Waals surface area contributed by atoms with Crippen molar-refractivity contribution in [2.45, 2.75) is 31.7 Å². The molecule has 0 radical (unpaired) electrons. The van der Waals surface area contributed by atoms with Crippen LogP contribution in [0.4, 0.5) is 15.8 Å². The summed E-state index contributed by atoms with van der Waals surface area (Å²) in [4.78, 5) is 20.3. The van der Waals surface area contributed by atoms with E-state index in [0.717, 1.165) is 62.7 Å². The lowest BCUT2D eigenvalue weighted by Crippen LogP contribution is -2.54. The highest BCUT2D eigenvalue weighted by Gasteiger charge is 2.32. The van der Waals surface area contributed by atoms with Crippen molar-refractivity contribution in [3.63, 3.8) is 0 Å². The SMILES string of the molecule is COc1cc(F)ccc1N1CCN(CC2CCc3ccccc3N2C(=O)CCCOc2ccccc2)CC1. The number of nitrogens with zero attached hydrogens (tertiary/aromatic N) is 3. The minimum atomic E-state index is -0.293. The number of halogens is 1. The maximum atomic E-state index is 13.7. The van der Waals surface area contributed by atoms with E-state index >= 15 is 0 Å². The van der Waals surface area contributed by atoms with Crippen LogP contribution in [0.1, 0.15) is 24.8 Å². The minimum absolute atomic E-state index is 0.138. The first-order valence-electron chi connectivity index (χ1n) is 13.5. The average Bonchev–Trinajstić information content (AvgIpc) is 2.96. The van der Waals surface area contributed by atoms with Gasteiger partial charge in [-0.1, -0.05) is 36.4 Å². The first kappa shape index (κ1) is 26.0. The van der Waals surface area contributed by atoms with Crippen molar-refractivity contribution in [3.8, 4) is 11.5 Å². The van der Waals surface area contributed by atoms with E-state index in [1.807, 2.05) is 36.4 Å². The quantitative estimate of drug-likeness (QED) is 0.367. The lowest BCUT2D eigenvalue weighted by atomic mass is 9.94. The maximum absolute atomic E-state index is 13.7. The van der Waals surface area contributed by atoms with E-state index in [1.54, 1.807) is 13.2 Å². The Kier molecular flexibility index (Phi) is 8.44. The van der Waals surface area contributed by atoms with Gasteiger partial charge in [0.25, 0.3) is 0 Å². The van der Waals surface area contributed by atoms with Crippen LogP contribution in [0.3, 0.4) is 0 Å². The van der Waals surface area contributed by atoms with Crippen molar-refractivity contribution in [1.29, 1.82) is 0 Å². The van der Waals surface area contributed by atoms with Gasteiger partial charge in [0.1, 0.15) is 17.3 Å². The van der Waals surface area contributed by atoms with E-state index in [1.165, 1.54) is 17.7 Å². The summed E-state index contributed by atoms with van der Waals surface area (Å²) < 4.78 is 24.9. The van der Waals surface area contributed by atoms with Gasteiger partial charge >= 0.3 is 0 Å². The lowest BCUT2D eigenvalue weighted by molar-refractivity contribution is -0.119. The summed E-state index contributed by atoms with van der Waals surface area (Å²) in [6.45, 7) is 4.78. The van der Waals surface area contributed by atoms with Crippen molar-refractivity contribution in [2.75, 3.05) is 56.2 Å². The van der Waals surface area contributed by atoms with Gasteiger partial charge in [-0.25, -0.2) is 4.39 Å². The van der Waals surface area contributed by atoms with Crippen LogP contribution >= 0.6 is 0 Å². The van der Waals surface area contributed by atoms with Gasteiger partial charge in [-0.15, -0.1) is 0 Å². The van der Waals surface area contributed by atoms with Gasteiger partial charge in [-0.3, -0.25) is 9.69 Å². The number of carbonyl (C=O) groups is 1. The zero-order chi connectivity index (χ0) is 26.3. The van der Waals surface area contributed by atoms with Gasteiger partial charge in [0, 0.05) is 56.9 Å². The molecule has 1 unspecified atom stereocenters. The number of methoxy groups -OCH3 is 1. The molecule has 3 aromatic rings. The highest BCUT2D eigenvalue weighted by Crippen LogP contribution is 2.33. The predicted molar refractivity (Wildman–Crippen MR) is 149 cm³/mol. The molecule has 6 nitrogen and oxygen atoms in total. The van der Waals surface area contributed by atoms with Crippen LogP contribution in [-0.2, 0) is 11.2 Å².